The van der Waals surface area contributed by atoms with Crippen molar-refractivity contribution >= 4 is 34.7 Å². The van der Waals surface area contributed by atoms with E-state index in [0.717, 1.165) is 56.3 Å². The highest BCUT2D eigenvalue weighted by atomic mass is 16.4. The Morgan fingerprint density at radius 3 is 2.27 bits per heavy atom. The van der Waals surface area contributed by atoms with E-state index >= 15 is 0 Å². The fraction of sp³-hybridized carbons (Fsp3) is 0.500. The smallest absolute Gasteiger partial charge is 0.414 e. The fourth-order valence-corrected chi connectivity index (χ4v) is 3.68. The monoisotopic (exact) mass is 461 g/mol. The average Bonchev–Trinajstić information content (AvgIpc) is 3.14. The zero-order valence-electron chi connectivity index (χ0n) is 18.9. The number of rotatable bonds is 7. The summed E-state index contributed by atoms with van der Waals surface area (Å²) in [5.74, 6) is -3.73. The molecular formula is C22H31N5O6. The summed E-state index contributed by atoms with van der Waals surface area (Å²) in [5.41, 5.74) is 1.51. The molecule has 11 heteroatoms. The normalized spacial score (nSPS) is 14.2. The lowest BCUT2D eigenvalue weighted by molar-refractivity contribution is -0.159. The van der Waals surface area contributed by atoms with E-state index in [1.54, 1.807) is 6.92 Å². The van der Waals surface area contributed by atoms with E-state index in [1.165, 1.54) is 0 Å². The molecule has 0 saturated carbocycles. The molecule has 0 bridgehead atoms. The van der Waals surface area contributed by atoms with E-state index < -0.39 is 11.9 Å². The van der Waals surface area contributed by atoms with Gasteiger partial charge in [0.25, 0.3) is 5.91 Å². The Bertz CT molecular complexity index is 969. The molecular weight excluding hydrogens is 430 g/mol. The first-order valence-electron chi connectivity index (χ1n) is 10.9. The number of carboxylic acids is 2. The largest absolute Gasteiger partial charge is 0.473 e. The molecule has 0 radical (unpaired) electrons. The number of para-hydroxylation sites is 1. The minimum atomic E-state index is -1.82. The van der Waals surface area contributed by atoms with Gasteiger partial charge < -0.3 is 25.7 Å². The number of carboxylic acid groups (broad SMARTS) is 2. The molecule has 0 aliphatic carbocycles. The minimum Gasteiger partial charge on any atom is -0.473 e. The molecule has 3 rings (SSSR count). The summed E-state index contributed by atoms with van der Waals surface area (Å²) >= 11 is 0. The summed E-state index contributed by atoms with van der Waals surface area (Å²) in [7, 11) is 0. The van der Waals surface area contributed by atoms with Gasteiger partial charge in [0.05, 0.1) is 5.52 Å². The highest BCUT2D eigenvalue weighted by molar-refractivity contribution is 6.27. The second-order valence-corrected chi connectivity index (χ2v) is 7.77. The SMILES string of the molecule is CCCn1nc(C(=O)NCCN2CCC(NC(C)=O)CC2)c2ccccc21.O=C(O)C(=O)O. The number of likely N-dealkylation sites (tertiary alicyclic amines) is 1. The topological polar surface area (TPSA) is 154 Å². The van der Waals surface area contributed by atoms with Gasteiger partial charge in [0.1, 0.15) is 0 Å². The van der Waals surface area contributed by atoms with Crippen LogP contribution >= 0.6 is 0 Å². The number of amides is 2. The molecule has 2 amide bonds. The highest BCUT2D eigenvalue weighted by Gasteiger charge is 2.20. The van der Waals surface area contributed by atoms with Crippen LogP contribution in [0, 0.1) is 0 Å². The van der Waals surface area contributed by atoms with Crippen LogP contribution < -0.4 is 10.6 Å². The Morgan fingerprint density at radius 2 is 1.70 bits per heavy atom. The molecule has 2 aromatic rings. The third kappa shape index (κ3) is 7.86. The third-order valence-corrected chi connectivity index (χ3v) is 5.20. The Kier molecular flexibility index (Phi) is 9.80. The summed E-state index contributed by atoms with van der Waals surface area (Å²) in [5, 5.41) is 26.2. The Labute approximate surface area is 191 Å². The van der Waals surface area contributed by atoms with E-state index in [2.05, 4.69) is 27.6 Å². The van der Waals surface area contributed by atoms with Crippen LogP contribution in [0.1, 0.15) is 43.6 Å². The van der Waals surface area contributed by atoms with Crippen LogP contribution in [0.2, 0.25) is 0 Å². The van der Waals surface area contributed by atoms with Crippen LogP contribution in [0.5, 0.6) is 0 Å². The van der Waals surface area contributed by atoms with Gasteiger partial charge in [-0.1, -0.05) is 25.1 Å². The van der Waals surface area contributed by atoms with Gasteiger partial charge >= 0.3 is 11.9 Å². The van der Waals surface area contributed by atoms with Crippen LogP contribution in [0.25, 0.3) is 10.9 Å². The van der Waals surface area contributed by atoms with E-state index in [1.807, 2.05) is 28.9 Å². The van der Waals surface area contributed by atoms with Crippen molar-refractivity contribution in [1.82, 2.24) is 25.3 Å². The van der Waals surface area contributed by atoms with Gasteiger partial charge in [-0.2, -0.15) is 5.10 Å². The maximum atomic E-state index is 12.6. The van der Waals surface area contributed by atoms with E-state index in [4.69, 9.17) is 19.8 Å². The van der Waals surface area contributed by atoms with E-state index in [-0.39, 0.29) is 17.9 Å². The summed E-state index contributed by atoms with van der Waals surface area (Å²) in [6.45, 7) is 7.75. The molecule has 1 aliphatic heterocycles. The number of hydrogen-bond donors (Lipinski definition) is 4. The predicted molar refractivity (Wildman–Crippen MR) is 121 cm³/mol. The molecule has 1 saturated heterocycles. The predicted octanol–water partition coefficient (Wildman–Crippen LogP) is 0.932. The molecule has 0 unspecified atom stereocenters. The number of carbonyl (C=O) groups excluding carboxylic acids is 2. The maximum Gasteiger partial charge on any atom is 0.414 e. The number of hydrogen-bond acceptors (Lipinski definition) is 6. The van der Waals surface area contributed by atoms with Gasteiger partial charge in [-0.3, -0.25) is 14.3 Å². The third-order valence-electron chi connectivity index (χ3n) is 5.20. The second kappa shape index (κ2) is 12.5. The van der Waals surface area contributed by atoms with Crippen molar-refractivity contribution in [2.45, 2.75) is 45.7 Å². The van der Waals surface area contributed by atoms with Crippen LogP contribution in [-0.4, -0.2) is 80.9 Å². The summed E-state index contributed by atoms with van der Waals surface area (Å²) < 4.78 is 1.91. The summed E-state index contributed by atoms with van der Waals surface area (Å²) in [4.78, 5) is 44.3. The summed E-state index contributed by atoms with van der Waals surface area (Å²) in [6.07, 6.45) is 2.89. The molecule has 1 aromatic carbocycles. The lowest BCUT2D eigenvalue weighted by atomic mass is 10.1. The van der Waals surface area contributed by atoms with Crippen molar-refractivity contribution in [2.24, 2.45) is 0 Å². The molecule has 2 heterocycles. The first kappa shape index (κ1) is 25.8. The molecule has 4 N–H and O–H groups in total. The molecule has 0 atom stereocenters. The molecule has 11 nitrogen and oxygen atoms in total. The summed E-state index contributed by atoms with van der Waals surface area (Å²) in [6, 6.07) is 8.16. The zero-order chi connectivity index (χ0) is 24.4. The first-order valence-corrected chi connectivity index (χ1v) is 10.9. The molecule has 1 aliphatic rings. The van der Waals surface area contributed by atoms with E-state index in [0.29, 0.717) is 12.2 Å². The number of aromatic nitrogens is 2. The average molecular weight is 462 g/mol. The van der Waals surface area contributed by atoms with Gasteiger partial charge in [0, 0.05) is 51.1 Å². The molecule has 180 valence electrons. The Morgan fingerprint density at radius 1 is 1.06 bits per heavy atom. The van der Waals surface area contributed by atoms with Crippen molar-refractivity contribution in [3.8, 4) is 0 Å². The van der Waals surface area contributed by atoms with Crippen molar-refractivity contribution < 1.29 is 29.4 Å². The molecule has 1 aromatic heterocycles. The lowest BCUT2D eigenvalue weighted by Crippen LogP contribution is -2.46. The Balaban J connectivity index is 0.000000569. The number of nitrogens with one attached hydrogen (secondary N) is 2. The molecule has 33 heavy (non-hydrogen) atoms. The van der Waals surface area contributed by atoms with Gasteiger partial charge in [-0.15, -0.1) is 0 Å². The number of nitrogens with zero attached hydrogens (tertiary/aromatic N) is 3. The first-order chi connectivity index (χ1) is 15.7. The van der Waals surface area contributed by atoms with Gasteiger partial charge in [0.2, 0.25) is 5.91 Å². The van der Waals surface area contributed by atoms with Crippen LogP contribution in [0.3, 0.4) is 0 Å². The molecule has 1 fully saturated rings. The van der Waals surface area contributed by atoms with Gasteiger partial charge in [0.15, 0.2) is 5.69 Å². The standard InChI is InChI=1S/C20H29N5O2.C2H2O4/c1-3-11-25-18-7-5-4-6-17(18)19(23-25)20(27)21-10-14-24-12-8-16(9-13-24)22-15(2)26;3-1(4)2(5)6/h4-7,16H,3,8-14H2,1-2H3,(H,21,27)(H,22,26);(H,3,4)(H,5,6). The Hall–Kier alpha value is -3.47. The second-order valence-electron chi connectivity index (χ2n) is 7.77. The van der Waals surface area contributed by atoms with Crippen LogP contribution in [0.4, 0.5) is 0 Å². The fourth-order valence-electron chi connectivity index (χ4n) is 3.68. The lowest BCUT2D eigenvalue weighted by Gasteiger charge is -2.32. The number of aliphatic carboxylic acids is 2. The number of aryl methyl sites for hydroxylation is 1. The van der Waals surface area contributed by atoms with Crippen LogP contribution in [0.15, 0.2) is 24.3 Å². The zero-order valence-corrected chi connectivity index (χ0v) is 18.9. The quantitative estimate of drug-likeness (QED) is 0.444. The number of piperidine rings is 1. The molecule has 0 spiro atoms. The highest BCUT2D eigenvalue weighted by Crippen LogP contribution is 2.18. The number of carbonyl (C=O) groups is 4. The van der Waals surface area contributed by atoms with E-state index in [9.17, 15) is 9.59 Å². The van der Waals surface area contributed by atoms with Gasteiger partial charge in [-0.25, -0.2) is 9.59 Å². The van der Waals surface area contributed by atoms with Gasteiger partial charge in [-0.05, 0) is 25.3 Å². The number of benzene rings is 1. The van der Waals surface area contributed by atoms with Crippen molar-refractivity contribution in [3.63, 3.8) is 0 Å². The number of fused-ring (bicyclic) bond motifs is 1. The van der Waals surface area contributed by atoms with Crippen LogP contribution in [-0.2, 0) is 20.9 Å². The van der Waals surface area contributed by atoms with Crippen molar-refractivity contribution in [3.05, 3.63) is 30.0 Å². The maximum absolute atomic E-state index is 12.6. The van der Waals surface area contributed by atoms with Crippen molar-refractivity contribution in [2.75, 3.05) is 26.2 Å². The van der Waals surface area contributed by atoms with Crippen molar-refractivity contribution in [1.29, 1.82) is 0 Å². The minimum absolute atomic E-state index is 0.0375.